The number of carbonyl (C=O) groups excluding carboxylic acids is 1. The first-order valence-electron chi connectivity index (χ1n) is 8.23. The van der Waals surface area contributed by atoms with Crippen LogP contribution in [-0.4, -0.2) is 15.3 Å². The third kappa shape index (κ3) is 3.02. The molecule has 0 atom stereocenters. The zero-order valence-electron chi connectivity index (χ0n) is 14.1. The lowest BCUT2D eigenvalue weighted by Crippen LogP contribution is -2.14. The molecule has 4 aromatic rings. The minimum atomic E-state index is -0.183. The molecule has 2 aromatic heterocycles. The van der Waals surface area contributed by atoms with Crippen LogP contribution in [0.1, 0.15) is 15.9 Å². The van der Waals surface area contributed by atoms with Crippen molar-refractivity contribution in [2.75, 3.05) is 5.32 Å². The Kier molecular flexibility index (Phi) is 4.31. The number of pyridine rings is 1. The predicted molar refractivity (Wildman–Crippen MR) is 107 cm³/mol. The zero-order chi connectivity index (χ0) is 18.1. The van der Waals surface area contributed by atoms with Crippen molar-refractivity contribution in [1.29, 1.82) is 0 Å². The van der Waals surface area contributed by atoms with Gasteiger partial charge < -0.3 is 5.32 Å². The van der Waals surface area contributed by atoms with Gasteiger partial charge in [-0.1, -0.05) is 42.5 Å². The number of imidazole rings is 1. The number of amides is 1. The molecule has 0 unspecified atom stereocenters. The summed E-state index contributed by atoms with van der Waals surface area (Å²) in [5.41, 5.74) is 4.19. The van der Waals surface area contributed by atoms with E-state index >= 15 is 0 Å². The Balaban J connectivity index is 1.85. The van der Waals surface area contributed by atoms with E-state index in [-0.39, 0.29) is 5.91 Å². The molecule has 1 amide bonds. The molecule has 0 saturated carbocycles. The summed E-state index contributed by atoms with van der Waals surface area (Å²) in [4.78, 5) is 17.6. The lowest BCUT2D eigenvalue weighted by Gasteiger charge is -2.09. The standard InChI is InChI=1S/C21H16BrN3O/c1-14-11-12-25-18(13-14)23-19(15-7-3-2-4-8-15)20(25)24-21(26)16-9-5-6-10-17(16)22/h2-13H,1H3,(H,24,26). The molecule has 0 spiro atoms. The maximum atomic E-state index is 12.8. The maximum Gasteiger partial charge on any atom is 0.257 e. The fourth-order valence-electron chi connectivity index (χ4n) is 2.88. The van der Waals surface area contributed by atoms with Gasteiger partial charge in [-0.2, -0.15) is 0 Å². The second-order valence-corrected chi connectivity index (χ2v) is 6.90. The molecule has 0 fully saturated rings. The molecule has 26 heavy (non-hydrogen) atoms. The van der Waals surface area contributed by atoms with E-state index in [9.17, 15) is 4.79 Å². The van der Waals surface area contributed by atoms with Crippen LogP contribution in [-0.2, 0) is 0 Å². The van der Waals surface area contributed by atoms with Gasteiger partial charge in [-0.05, 0) is 52.7 Å². The van der Waals surface area contributed by atoms with Gasteiger partial charge >= 0.3 is 0 Å². The summed E-state index contributed by atoms with van der Waals surface area (Å²) >= 11 is 3.44. The number of hydrogen-bond donors (Lipinski definition) is 1. The van der Waals surface area contributed by atoms with Crippen molar-refractivity contribution in [3.05, 3.63) is 88.5 Å². The highest BCUT2D eigenvalue weighted by atomic mass is 79.9. The van der Waals surface area contributed by atoms with E-state index in [0.717, 1.165) is 26.9 Å². The van der Waals surface area contributed by atoms with Crippen LogP contribution in [0.3, 0.4) is 0 Å². The molecule has 0 saturated heterocycles. The van der Waals surface area contributed by atoms with Crippen molar-refractivity contribution in [3.8, 4) is 11.3 Å². The van der Waals surface area contributed by atoms with Crippen molar-refractivity contribution >= 4 is 33.3 Å². The molecule has 2 aromatic carbocycles. The molecule has 128 valence electrons. The maximum absolute atomic E-state index is 12.8. The van der Waals surface area contributed by atoms with Crippen LogP contribution < -0.4 is 5.32 Å². The second-order valence-electron chi connectivity index (χ2n) is 6.04. The number of hydrogen-bond acceptors (Lipinski definition) is 2. The van der Waals surface area contributed by atoms with Crippen LogP contribution in [0.25, 0.3) is 16.9 Å². The third-order valence-electron chi connectivity index (χ3n) is 4.18. The molecule has 0 aliphatic heterocycles. The van der Waals surface area contributed by atoms with Gasteiger partial charge in [0.1, 0.15) is 17.2 Å². The molecule has 2 heterocycles. The monoisotopic (exact) mass is 405 g/mol. The SMILES string of the molecule is Cc1ccn2c(NC(=O)c3ccccc3Br)c(-c3ccccc3)nc2c1. The fourth-order valence-corrected chi connectivity index (χ4v) is 3.35. The number of aromatic nitrogens is 2. The van der Waals surface area contributed by atoms with Crippen LogP contribution in [0.2, 0.25) is 0 Å². The molecule has 0 radical (unpaired) electrons. The zero-order valence-corrected chi connectivity index (χ0v) is 15.7. The molecule has 1 N–H and O–H groups in total. The summed E-state index contributed by atoms with van der Waals surface area (Å²) in [5.74, 6) is 0.476. The first kappa shape index (κ1) is 16.5. The van der Waals surface area contributed by atoms with Gasteiger partial charge in [0.05, 0.1) is 5.56 Å². The van der Waals surface area contributed by atoms with Crippen molar-refractivity contribution in [3.63, 3.8) is 0 Å². The number of nitrogens with zero attached hydrogens (tertiary/aromatic N) is 2. The highest BCUT2D eigenvalue weighted by Crippen LogP contribution is 2.30. The third-order valence-corrected chi connectivity index (χ3v) is 4.87. The van der Waals surface area contributed by atoms with E-state index in [1.165, 1.54) is 0 Å². The summed E-state index contributed by atoms with van der Waals surface area (Å²) in [6.07, 6.45) is 1.93. The van der Waals surface area contributed by atoms with Crippen molar-refractivity contribution in [1.82, 2.24) is 9.38 Å². The predicted octanol–water partition coefficient (Wildman–Crippen LogP) is 5.32. The number of fused-ring (bicyclic) bond motifs is 1. The molecule has 0 bridgehead atoms. The topological polar surface area (TPSA) is 46.4 Å². The number of aryl methyl sites for hydroxylation is 1. The largest absolute Gasteiger partial charge is 0.306 e. The second kappa shape index (κ2) is 6.77. The minimum Gasteiger partial charge on any atom is -0.306 e. The Morgan fingerprint density at radius 3 is 2.54 bits per heavy atom. The Morgan fingerprint density at radius 1 is 1.04 bits per heavy atom. The van der Waals surface area contributed by atoms with E-state index in [2.05, 4.69) is 21.2 Å². The average molecular weight is 406 g/mol. The Bertz CT molecular complexity index is 1100. The lowest BCUT2D eigenvalue weighted by molar-refractivity contribution is 0.102. The minimum absolute atomic E-state index is 0.183. The highest BCUT2D eigenvalue weighted by Gasteiger charge is 2.18. The molecular formula is C21H16BrN3O. The number of halogens is 1. The molecule has 0 aliphatic carbocycles. The summed E-state index contributed by atoms with van der Waals surface area (Å²) in [7, 11) is 0. The number of benzene rings is 2. The van der Waals surface area contributed by atoms with Gasteiger partial charge in [-0.3, -0.25) is 9.20 Å². The van der Waals surface area contributed by atoms with E-state index in [1.807, 2.05) is 78.2 Å². The van der Waals surface area contributed by atoms with Crippen molar-refractivity contribution in [2.45, 2.75) is 6.92 Å². The summed E-state index contributed by atoms with van der Waals surface area (Å²) in [5, 5.41) is 3.04. The summed E-state index contributed by atoms with van der Waals surface area (Å²) < 4.78 is 2.66. The molecule has 4 nitrogen and oxygen atoms in total. The average Bonchev–Trinajstić information content (AvgIpc) is 3.00. The Morgan fingerprint density at radius 2 is 1.77 bits per heavy atom. The van der Waals surface area contributed by atoms with Gasteiger partial charge in [0.2, 0.25) is 0 Å². The summed E-state index contributed by atoms with van der Waals surface area (Å²) in [6.45, 7) is 2.02. The van der Waals surface area contributed by atoms with Crippen LogP contribution >= 0.6 is 15.9 Å². The van der Waals surface area contributed by atoms with E-state index in [0.29, 0.717) is 11.4 Å². The van der Waals surface area contributed by atoms with Gasteiger partial charge in [0.25, 0.3) is 5.91 Å². The first-order chi connectivity index (χ1) is 12.6. The smallest absolute Gasteiger partial charge is 0.257 e. The van der Waals surface area contributed by atoms with Crippen LogP contribution in [0.4, 0.5) is 5.82 Å². The molecule has 4 rings (SSSR count). The van der Waals surface area contributed by atoms with E-state index < -0.39 is 0 Å². The summed E-state index contributed by atoms with van der Waals surface area (Å²) in [6, 6.07) is 21.2. The highest BCUT2D eigenvalue weighted by molar-refractivity contribution is 9.10. The van der Waals surface area contributed by atoms with Crippen LogP contribution in [0, 0.1) is 6.92 Å². The quantitative estimate of drug-likeness (QED) is 0.500. The number of carbonyl (C=O) groups is 1. The number of anilines is 1. The number of nitrogens with one attached hydrogen (secondary N) is 1. The lowest BCUT2D eigenvalue weighted by atomic mass is 10.1. The normalized spacial score (nSPS) is 10.8. The van der Waals surface area contributed by atoms with Crippen LogP contribution in [0.15, 0.2) is 77.4 Å². The Labute approximate surface area is 159 Å². The van der Waals surface area contributed by atoms with Crippen molar-refractivity contribution < 1.29 is 4.79 Å². The van der Waals surface area contributed by atoms with Gasteiger partial charge in [-0.25, -0.2) is 4.98 Å². The molecular weight excluding hydrogens is 390 g/mol. The van der Waals surface area contributed by atoms with E-state index in [1.54, 1.807) is 6.07 Å². The van der Waals surface area contributed by atoms with Crippen molar-refractivity contribution in [2.24, 2.45) is 0 Å². The number of rotatable bonds is 3. The van der Waals surface area contributed by atoms with Gasteiger partial charge in [-0.15, -0.1) is 0 Å². The van der Waals surface area contributed by atoms with Gasteiger partial charge in [0.15, 0.2) is 0 Å². The fraction of sp³-hybridized carbons (Fsp3) is 0.0476. The van der Waals surface area contributed by atoms with Gasteiger partial charge in [0, 0.05) is 16.2 Å². The van der Waals surface area contributed by atoms with Crippen LogP contribution in [0.5, 0.6) is 0 Å². The first-order valence-corrected chi connectivity index (χ1v) is 9.03. The van der Waals surface area contributed by atoms with E-state index in [4.69, 9.17) is 4.98 Å². The molecule has 0 aliphatic rings. The Hall–Kier alpha value is -2.92. The molecule has 5 heteroatoms.